The van der Waals surface area contributed by atoms with Crippen LogP contribution in [0, 0.1) is 5.41 Å². The van der Waals surface area contributed by atoms with Crippen molar-refractivity contribution in [3.05, 3.63) is 74.7 Å². The van der Waals surface area contributed by atoms with Gasteiger partial charge in [-0.15, -0.1) is 11.8 Å². The maximum absolute atomic E-state index is 13.9. The van der Waals surface area contributed by atoms with Gasteiger partial charge in [0.05, 0.1) is 26.4 Å². The van der Waals surface area contributed by atoms with Crippen molar-refractivity contribution in [1.82, 2.24) is 5.43 Å². The number of benzene rings is 3. The molecule has 0 spiro atoms. The van der Waals surface area contributed by atoms with E-state index in [0.29, 0.717) is 32.0 Å². The van der Waals surface area contributed by atoms with Gasteiger partial charge in [0.1, 0.15) is 16.8 Å². The first-order valence-electron chi connectivity index (χ1n) is 12.2. The van der Waals surface area contributed by atoms with Gasteiger partial charge < -0.3 is 10.6 Å². The number of amidine groups is 1. The summed E-state index contributed by atoms with van der Waals surface area (Å²) in [5.74, 6) is -0.647. The van der Waals surface area contributed by atoms with Crippen LogP contribution in [-0.2, 0) is 14.4 Å². The van der Waals surface area contributed by atoms with E-state index < -0.39 is 16.6 Å². The molecule has 0 saturated carbocycles. The lowest BCUT2D eigenvalue weighted by Crippen LogP contribution is -2.36. The number of amides is 3. The van der Waals surface area contributed by atoms with Crippen LogP contribution in [0.1, 0.15) is 27.7 Å². The molecule has 8 nitrogen and oxygen atoms in total. The smallest absolute Gasteiger partial charge is 0.267 e. The van der Waals surface area contributed by atoms with Crippen molar-refractivity contribution in [2.24, 2.45) is 10.4 Å². The van der Waals surface area contributed by atoms with Crippen molar-refractivity contribution >= 4 is 104 Å². The predicted octanol–water partition coefficient (Wildman–Crippen LogP) is 7.99. The average Bonchev–Trinajstić information content (AvgIpc) is 3.15. The number of carbonyl (C=O) groups excluding carboxylic acids is 3. The lowest BCUT2D eigenvalue weighted by Gasteiger charge is -2.20. The average molecular weight is 653 g/mol. The molecule has 0 bridgehead atoms. The number of para-hydroxylation sites is 1. The Labute approximate surface area is 261 Å². The molecule has 1 atom stereocenters. The van der Waals surface area contributed by atoms with Crippen LogP contribution < -0.4 is 21.1 Å². The van der Waals surface area contributed by atoms with Crippen LogP contribution >= 0.6 is 58.2 Å². The molecule has 13 heteroatoms. The molecule has 3 N–H and O–H groups in total. The number of thioether (sulfide) groups is 1. The molecule has 41 heavy (non-hydrogen) atoms. The maximum atomic E-state index is 13.9. The van der Waals surface area contributed by atoms with Gasteiger partial charge in [0.15, 0.2) is 0 Å². The quantitative estimate of drug-likeness (QED) is 0.250. The van der Waals surface area contributed by atoms with Crippen LogP contribution in [0.4, 0.5) is 22.7 Å². The van der Waals surface area contributed by atoms with Crippen LogP contribution in [0.15, 0.2) is 64.5 Å². The minimum Gasteiger partial charge on any atom is -0.326 e. The van der Waals surface area contributed by atoms with Crippen LogP contribution in [0.25, 0.3) is 0 Å². The molecule has 1 aliphatic rings. The third-order valence-corrected chi connectivity index (χ3v) is 8.08. The Morgan fingerprint density at radius 3 is 2.24 bits per heavy atom. The van der Waals surface area contributed by atoms with Crippen molar-refractivity contribution in [2.45, 2.75) is 37.8 Å². The molecular formula is C28H25Cl4N5O3S. The van der Waals surface area contributed by atoms with E-state index in [1.54, 1.807) is 42.5 Å². The minimum absolute atomic E-state index is 0.150. The Balaban J connectivity index is 1.79. The number of anilines is 3. The highest BCUT2D eigenvalue weighted by Gasteiger charge is 2.41. The molecule has 1 aliphatic heterocycles. The number of hydrazine groups is 1. The number of hydrogen-bond donors (Lipinski definition) is 3. The summed E-state index contributed by atoms with van der Waals surface area (Å²) in [7, 11) is 0. The second-order valence-corrected chi connectivity index (χ2v) is 12.9. The first-order chi connectivity index (χ1) is 19.2. The molecule has 1 fully saturated rings. The number of halogens is 4. The monoisotopic (exact) mass is 651 g/mol. The van der Waals surface area contributed by atoms with Crippen LogP contribution in [0.3, 0.4) is 0 Å². The molecule has 3 amide bonds. The zero-order valence-corrected chi connectivity index (χ0v) is 26.2. The summed E-state index contributed by atoms with van der Waals surface area (Å²) < 4.78 is 0. The summed E-state index contributed by atoms with van der Waals surface area (Å²) in [6, 6.07) is 14.9. The molecule has 214 valence electrons. The maximum Gasteiger partial charge on any atom is 0.267 e. The Morgan fingerprint density at radius 2 is 1.61 bits per heavy atom. The van der Waals surface area contributed by atoms with E-state index in [9.17, 15) is 14.4 Å². The summed E-state index contributed by atoms with van der Waals surface area (Å²) >= 11 is 26.6. The van der Waals surface area contributed by atoms with Crippen molar-refractivity contribution in [3.63, 3.8) is 0 Å². The minimum atomic E-state index is -0.925. The normalized spacial score (nSPS) is 16.1. The van der Waals surface area contributed by atoms with E-state index in [1.165, 1.54) is 35.8 Å². The van der Waals surface area contributed by atoms with Crippen molar-refractivity contribution in [1.29, 1.82) is 0 Å². The number of aliphatic imine (C=N–C) groups is 1. The van der Waals surface area contributed by atoms with Crippen LogP contribution in [0.5, 0.6) is 0 Å². The molecule has 1 unspecified atom stereocenters. The van der Waals surface area contributed by atoms with Crippen molar-refractivity contribution in [2.75, 3.05) is 15.6 Å². The highest BCUT2D eigenvalue weighted by molar-refractivity contribution is 8.01. The zero-order valence-electron chi connectivity index (χ0n) is 22.3. The summed E-state index contributed by atoms with van der Waals surface area (Å²) in [4.78, 5) is 43.6. The van der Waals surface area contributed by atoms with E-state index in [0.717, 1.165) is 0 Å². The van der Waals surface area contributed by atoms with Gasteiger partial charge in [-0.3, -0.25) is 19.8 Å². The standard InChI is InChI=1S/C28H25Cl4N5O3S/c1-14(38)33-16-9-10-17(30)21(13-16)34-25-24(26(39)37(36-25)23-18(31)11-15(29)12-19(23)32)41-22-8-6-5-7-20(22)35-27(40)28(2,3)4/h5-13,24H,1-4H3,(H,33,38)(H,34,36)(H,35,40). The second-order valence-electron chi connectivity index (χ2n) is 10.0. The molecular weight excluding hydrogens is 628 g/mol. The van der Waals surface area contributed by atoms with Gasteiger partial charge in [0, 0.05) is 27.9 Å². The van der Waals surface area contributed by atoms with Crippen molar-refractivity contribution in [3.8, 4) is 0 Å². The highest BCUT2D eigenvalue weighted by Crippen LogP contribution is 2.41. The lowest BCUT2D eigenvalue weighted by molar-refractivity contribution is -0.123. The van der Waals surface area contributed by atoms with Crippen molar-refractivity contribution < 1.29 is 14.4 Å². The van der Waals surface area contributed by atoms with E-state index in [1.807, 2.05) is 20.8 Å². The third kappa shape index (κ3) is 7.28. The lowest BCUT2D eigenvalue weighted by atomic mass is 9.95. The highest BCUT2D eigenvalue weighted by atomic mass is 35.5. The number of nitrogens with one attached hydrogen (secondary N) is 3. The van der Waals surface area contributed by atoms with Gasteiger partial charge in [-0.2, -0.15) is 0 Å². The Kier molecular flexibility index (Phi) is 9.45. The Bertz CT molecular complexity index is 1550. The number of rotatable bonds is 6. The largest absolute Gasteiger partial charge is 0.326 e. The molecule has 3 aromatic carbocycles. The number of hydrogen-bond acceptors (Lipinski definition) is 5. The summed E-state index contributed by atoms with van der Waals surface area (Å²) in [6.07, 6.45) is 0. The fourth-order valence-electron chi connectivity index (χ4n) is 3.69. The SMILES string of the molecule is CC(=O)Nc1ccc(Cl)c(N=C2NN(c3c(Cl)cc(Cl)cc3Cl)C(=O)C2Sc2ccccc2NC(=O)C(C)(C)C)c1. The fourth-order valence-corrected chi connectivity index (χ4v) is 5.91. The van der Waals surface area contributed by atoms with E-state index in [-0.39, 0.29) is 33.4 Å². The summed E-state index contributed by atoms with van der Waals surface area (Å²) in [5.41, 5.74) is 3.91. The summed E-state index contributed by atoms with van der Waals surface area (Å²) in [5, 5.41) is 6.82. The molecule has 1 saturated heterocycles. The van der Waals surface area contributed by atoms with Gasteiger partial charge in [-0.1, -0.05) is 79.3 Å². The first-order valence-corrected chi connectivity index (χ1v) is 14.6. The van der Waals surface area contributed by atoms with Crippen LogP contribution in [-0.4, -0.2) is 28.8 Å². The molecule has 0 aliphatic carbocycles. The van der Waals surface area contributed by atoms with Gasteiger partial charge >= 0.3 is 0 Å². The fraction of sp³-hybridized carbons (Fsp3) is 0.214. The van der Waals surface area contributed by atoms with E-state index in [2.05, 4.69) is 21.1 Å². The first kappa shape index (κ1) is 31.0. The van der Waals surface area contributed by atoms with Gasteiger partial charge in [-0.25, -0.2) is 10.0 Å². The van der Waals surface area contributed by atoms with E-state index in [4.69, 9.17) is 46.4 Å². The number of carbonyl (C=O) groups is 3. The Hall–Kier alpha value is -2.95. The predicted molar refractivity (Wildman–Crippen MR) is 169 cm³/mol. The number of nitrogens with zero attached hydrogens (tertiary/aromatic N) is 2. The van der Waals surface area contributed by atoms with E-state index >= 15 is 0 Å². The Morgan fingerprint density at radius 1 is 0.951 bits per heavy atom. The molecule has 1 heterocycles. The van der Waals surface area contributed by atoms with Gasteiger partial charge in [0.25, 0.3) is 5.91 Å². The third-order valence-electron chi connectivity index (χ3n) is 5.69. The summed E-state index contributed by atoms with van der Waals surface area (Å²) in [6.45, 7) is 6.81. The second kappa shape index (κ2) is 12.5. The van der Waals surface area contributed by atoms with Crippen LogP contribution in [0.2, 0.25) is 20.1 Å². The molecule has 0 aromatic heterocycles. The zero-order chi connectivity index (χ0) is 30.1. The van der Waals surface area contributed by atoms with Gasteiger partial charge in [0.2, 0.25) is 11.8 Å². The molecule has 0 radical (unpaired) electrons. The molecule has 3 aromatic rings. The topological polar surface area (TPSA) is 103 Å². The van der Waals surface area contributed by atoms with Gasteiger partial charge in [-0.05, 0) is 42.5 Å². The molecule has 4 rings (SSSR count).